The van der Waals surface area contributed by atoms with E-state index in [1.807, 2.05) is 19.1 Å². The monoisotopic (exact) mass is 435 g/mol. The number of ketones is 1. The number of Topliss-reactive ketones (excluding diaryl/α,β-unsaturated/α-hetero) is 1. The van der Waals surface area contributed by atoms with Crippen LogP contribution in [0.1, 0.15) is 79.6 Å². The Labute approximate surface area is 185 Å². The minimum absolute atomic E-state index is 0.0884. The Kier molecular flexibility index (Phi) is 6.03. The summed E-state index contributed by atoms with van der Waals surface area (Å²) >= 11 is 0. The molecule has 0 aliphatic heterocycles. The minimum atomic E-state index is -0.591. The number of esters is 2. The van der Waals surface area contributed by atoms with E-state index in [9.17, 15) is 14.4 Å². The van der Waals surface area contributed by atoms with Crippen molar-refractivity contribution < 1.29 is 23.9 Å². The molecule has 2 heterocycles. The second kappa shape index (κ2) is 8.90. The molecule has 0 amide bonds. The Balaban J connectivity index is 1.46. The molecule has 8 nitrogen and oxygen atoms in total. The molecule has 0 N–H and O–H groups in total. The number of rotatable bonds is 7. The van der Waals surface area contributed by atoms with Crippen LogP contribution in [0.4, 0.5) is 0 Å². The molecule has 32 heavy (non-hydrogen) atoms. The zero-order valence-corrected chi connectivity index (χ0v) is 18.4. The summed E-state index contributed by atoms with van der Waals surface area (Å²) in [7, 11) is 2.67. The van der Waals surface area contributed by atoms with Gasteiger partial charge in [0.05, 0.1) is 26.0 Å². The number of fused-ring (bicyclic) bond motifs is 2. The maximum Gasteiger partial charge on any atom is 0.356 e. The summed E-state index contributed by atoms with van der Waals surface area (Å²) in [5.74, 6) is -0.641. The molecule has 3 aromatic rings. The number of carbonyl (C=O) groups is 3. The molecule has 0 saturated heterocycles. The molecule has 0 saturated carbocycles. The summed E-state index contributed by atoms with van der Waals surface area (Å²) in [4.78, 5) is 41.0. The van der Waals surface area contributed by atoms with Crippen LogP contribution >= 0.6 is 0 Å². The van der Waals surface area contributed by atoms with E-state index in [-0.39, 0.29) is 17.4 Å². The van der Waals surface area contributed by atoms with Crippen molar-refractivity contribution in [1.82, 2.24) is 14.6 Å². The SMILES string of the molecule is COC(=O)c1cc(C(=O)CCCC2CCc3c2ccc(C(=O)OC)c3C)n2nccc2n1. The van der Waals surface area contributed by atoms with Gasteiger partial charge in [0.15, 0.2) is 17.1 Å². The van der Waals surface area contributed by atoms with E-state index in [0.29, 0.717) is 35.7 Å². The number of benzene rings is 1. The third kappa shape index (κ3) is 3.88. The van der Waals surface area contributed by atoms with Gasteiger partial charge in [-0.05, 0) is 61.3 Å². The zero-order chi connectivity index (χ0) is 22.8. The first-order valence-corrected chi connectivity index (χ1v) is 10.6. The smallest absolute Gasteiger partial charge is 0.356 e. The van der Waals surface area contributed by atoms with Crippen LogP contribution in [0.5, 0.6) is 0 Å². The normalized spacial score (nSPS) is 14.9. The van der Waals surface area contributed by atoms with Gasteiger partial charge in [0, 0.05) is 18.6 Å². The van der Waals surface area contributed by atoms with Gasteiger partial charge in [-0.1, -0.05) is 6.07 Å². The highest BCUT2D eigenvalue weighted by Gasteiger charge is 2.26. The van der Waals surface area contributed by atoms with E-state index in [2.05, 4.69) is 10.1 Å². The molecule has 2 aromatic heterocycles. The number of ether oxygens (including phenoxy) is 2. The lowest BCUT2D eigenvalue weighted by Gasteiger charge is -2.14. The van der Waals surface area contributed by atoms with Gasteiger partial charge in [0.1, 0.15) is 5.69 Å². The summed E-state index contributed by atoms with van der Waals surface area (Å²) in [5, 5.41) is 4.16. The fourth-order valence-electron chi connectivity index (χ4n) is 4.55. The van der Waals surface area contributed by atoms with Crippen molar-refractivity contribution in [2.24, 2.45) is 0 Å². The van der Waals surface area contributed by atoms with Crippen molar-refractivity contribution in [2.75, 3.05) is 14.2 Å². The molecule has 4 rings (SSSR count). The Morgan fingerprint density at radius 3 is 2.66 bits per heavy atom. The predicted molar refractivity (Wildman–Crippen MR) is 116 cm³/mol. The van der Waals surface area contributed by atoms with Crippen molar-refractivity contribution in [1.29, 1.82) is 0 Å². The van der Waals surface area contributed by atoms with Crippen molar-refractivity contribution in [3.8, 4) is 0 Å². The molecule has 1 atom stereocenters. The number of methoxy groups -OCH3 is 2. The lowest BCUT2D eigenvalue weighted by atomic mass is 9.92. The molecule has 1 aromatic carbocycles. The summed E-state index contributed by atoms with van der Waals surface area (Å²) in [6.07, 6.45) is 5.38. The Hall–Kier alpha value is -3.55. The molecular weight excluding hydrogens is 410 g/mol. The van der Waals surface area contributed by atoms with Gasteiger partial charge in [-0.25, -0.2) is 19.1 Å². The van der Waals surface area contributed by atoms with E-state index in [0.717, 1.165) is 24.8 Å². The third-order valence-electron chi connectivity index (χ3n) is 6.22. The van der Waals surface area contributed by atoms with Crippen LogP contribution in [0.15, 0.2) is 30.5 Å². The van der Waals surface area contributed by atoms with Crippen LogP contribution in [0, 0.1) is 6.92 Å². The minimum Gasteiger partial charge on any atom is -0.465 e. The van der Waals surface area contributed by atoms with E-state index in [1.165, 1.54) is 35.9 Å². The first kappa shape index (κ1) is 21.7. The second-order valence-electron chi connectivity index (χ2n) is 7.97. The summed E-state index contributed by atoms with van der Waals surface area (Å²) < 4.78 is 11.1. The zero-order valence-electron chi connectivity index (χ0n) is 18.4. The van der Waals surface area contributed by atoms with Gasteiger partial charge in [0.2, 0.25) is 0 Å². The standard InChI is InChI=1S/C24H25N3O5/c1-14-16-8-7-15(18(16)10-9-17(14)23(29)31-2)5-4-6-21(28)20-13-19(24(30)32-3)26-22-11-12-25-27(20)22/h9-13,15H,4-8H2,1-3H3. The van der Waals surface area contributed by atoms with Gasteiger partial charge < -0.3 is 9.47 Å². The van der Waals surface area contributed by atoms with Crippen molar-refractivity contribution in [3.63, 3.8) is 0 Å². The van der Waals surface area contributed by atoms with Crippen LogP contribution in [0.3, 0.4) is 0 Å². The first-order valence-electron chi connectivity index (χ1n) is 10.6. The second-order valence-corrected chi connectivity index (χ2v) is 7.97. The maximum absolute atomic E-state index is 13.0. The van der Waals surface area contributed by atoms with Crippen molar-refractivity contribution in [2.45, 2.75) is 44.9 Å². The van der Waals surface area contributed by atoms with E-state index in [4.69, 9.17) is 9.47 Å². The van der Waals surface area contributed by atoms with Crippen LogP contribution in [-0.4, -0.2) is 46.5 Å². The third-order valence-corrected chi connectivity index (χ3v) is 6.22. The van der Waals surface area contributed by atoms with Crippen LogP contribution in [-0.2, 0) is 15.9 Å². The maximum atomic E-state index is 13.0. The van der Waals surface area contributed by atoms with Crippen LogP contribution < -0.4 is 0 Å². The molecular formula is C24H25N3O5. The highest BCUT2D eigenvalue weighted by molar-refractivity contribution is 5.97. The molecule has 0 radical (unpaired) electrons. The van der Waals surface area contributed by atoms with Gasteiger partial charge >= 0.3 is 11.9 Å². The van der Waals surface area contributed by atoms with Crippen molar-refractivity contribution >= 4 is 23.4 Å². The lowest BCUT2D eigenvalue weighted by molar-refractivity contribution is 0.0587. The highest BCUT2D eigenvalue weighted by atomic mass is 16.5. The topological polar surface area (TPSA) is 99.9 Å². The van der Waals surface area contributed by atoms with Crippen LogP contribution in [0.2, 0.25) is 0 Å². The van der Waals surface area contributed by atoms with Gasteiger partial charge in [-0.3, -0.25) is 4.79 Å². The summed E-state index contributed by atoms with van der Waals surface area (Å²) in [6.45, 7) is 1.97. The number of hydrogen-bond donors (Lipinski definition) is 0. The fourth-order valence-corrected chi connectivity index (χ4v) is 4.55. The van der Waals surface area contributed by atoms with E-state index < -0.39 is 5.97 Å². The largest absolute Gasteiger partial charge is 0.465 e. The van der Waals surface area contributed by atoms with Gasteiger partial charge in [-0.15, -0.1) is 0 Å². The average molecular weight is 435 g/mol. The molecule has 166 valence electrons. The van der Waals surface area contributed by atoms with Crippen LogP contribution in [0.25, 0.3) is 5.65 Å². The number of nitrogens with zero attached hydrogens (tertiary/aromatic N) is 3. The fraction of sp³-hybridized carbons (Fsp3) is 0.375. The molecule has 0 bridgehead atoms. The molecule has 1 aliphatic rings. The Morgan fingerprint density at radius 2 is 1.91 bits per heavy atom. The number of aromatic nitrogens is 3. The van der Waals surface area contributed by atoms with Crippen molar-refractivity contribution in [3.05, 3.63) is 64.1 Å². The quantitative estimate of drug-likeness (QED) is 0.412. The predicted octanol–water partition coefficient (Wildman–Crippen LogP) is 3.69. The molecule has 1 unspecified atom stereocenters. The first-order chi connectivity index (χ1) is 15.4. The molecule has 0 spiro atoms. The lowest BCUT2D eigenvalue weighted by Crippen LogP contribution is -2.13. The van der Waals surface area contributed by atoms with Gasteiger partial charge in [-0.2, -0.15) is 5.10 Å². The number of hydrogen-bond acceptors (Lipinski definition) is 7. The molecule has 8 heteroatoms. The highest BCUT2D eigenvalue weighted by Crippen LogP contribution is 2.39. The van der Waals surface area contributed by atoms with Gasteiger partial charge in [0.25, 0.3) is 0 Å². The van der Waals surface area contributed by atoms with E-state index >= 15 is 0 Å². The average Bonchev–Trinajstić information content (AvgIpc) is 3.45. The summed E-state index contributed by atoms with van der Waals surface area (Å²) in [6, 6.07) is 6.94. The Bertz CT molecular complexity index is 1210. The molecule has 0 fully saturated rings. The van der Waals surface area contributed by atoms with E-state index in [1.54, 1.807) is 12.3 Å². The summed E-state index contributed by atoms with van der Waals surface area (Å²) in [5.41, 5.74) is 4.92. The number of carbonyl (C=O) groups excluding carboxylic acids is 3. The molecule has 1 aliphatic carbocycles. The Morgan fingerprint density at radius 1 is 1.12 bits per heavy atom.